The van der Waals surface area contributed by atoms with Crippen LogP contribution in [-0.2, 0) is 6.54 Å². The molecule has 0 aliphatic rings. The molecule has 0 saturated heterocycles. The number of hydrogen-bond acceptors (Lipinski definition) is 1. The molecule has 1 rings (SSSR count). The van der Waals surface area contributed by atoms with Crippen LogP contribution in [0.4, 0.5) is 8.78 Å². The molecule has 0 spiro atoms. The van der Waals surface area contributed by atoms with Gasteiger partial charge in [-0.25, -0.2) is 13.8 Å². The standard InChI is InChI=1S/C12H15F2N3.HI/c1-8(2)6-16-12(15)17-7-9-5-10(13)3-4-11(9)14;/h3-5H,1,6-7H2,2H3,(H3,15,16,17);1H. The van der Waals surface area contributed by atoms with E-state index in [1.165, 1.54) is 0 Å². The molecular formula is C12H16F2IN3. The summed E-state index contributed by atoms with van der Waals surface area (Å²) in [5.74, 6) is -0.815. The van der Waals surface area contributed by atoms with Crippen LogP contribution < -0.4 is 11.1 Å². The van der Waals surface area contributed by atoms with Gasteiger partial charge in [0.1, 0.15) is 11.6 Å². The van der Waals surface area contributed by atoms with E-state index >= 15 is 0 Å². The highest BCUT2D eigenvalue weighted by Gasteiger charge is 2.03. The molecule has 0 saturated carbocycles. The quantitative estimate of drug-likeness (QED) is 0.372. The molecule has 0 aromatic heterocycles. The highest BCUT2D eigenvalue weighted by atomic mass is 127. The van der Waals surface area contributed by atoms with E-state index in [0.29, 0.717) is 6.54 Å². The summed E-state index contributed by atoms with van der Waals surface area (Å²) in [5, 5.41) is 2.80. The number of aliphatic imine (C=N–C) groups is 1. The van der Waals surface area contributed by atoms with E-state index < -0.39 is 11.6 Å². The van der Waals surface area contributed by atoms with E-state index in [1.807, 2.05) is 6.92 Å². The summed E-state index contributed by atoms with van der Waals surface area (Å²) in [6, 6.07) is 3.23. The summed E-state index contributed by atoms with van der Waals surface area (Å²) in [6.45, 7) is 6.03. The first-order chi connectivity index (χ1) is 7.99. The van der Waals surface area contributed by atoms with Crippen LogP contribution in [0.3, 0.4) is 0 Å². The van der Waals surface area contributed by atoms with Crippen molar-refractivity contribution in [3.63, 3.8) is 0 Å². The van der Waals surface area contributed by atoms with Crippen molar-refractivity contribution in [3.05, 3.63) is 47.5 Å². The number of nitrogens with zero attached hydrogens (tertiary/aromatic N) is 1. The van der Waals surface area contributed by atoms with Crippen LogP contribution in [0.25, 0.3) is 0 Å². The fourth-order valence-corrected chi connectivity index (χ4v) is 1.13. The van der Waals surface area contributed by atoms with Crippen molar-refractivity contribution in [3.8, 4) is 0 Å². The molecule has 0 unspecified atom stereocenters. The van der Waals surface area contributed by atoms with Gasteiger partial charge in [-0.05, 0) is 25.1 Å². The Morgan fingerprint density at radius 1 is 1.44 bits per heavy atom. The van der Waals surface area contributed by atoms with E-state index in [0.717, 1.165) is 23.8 Å². The van der Waals surface area contributed by atoms with Crippen LogP contribution in [0.5, 0.6) is 0 Å². The van der Waals surface area contributed by atoms with Gasteiger partial charge >= 0.3 is 0 Å². The van der Waals surface area contributed by atoms with E-state index in [2.05, 4.69) is 16.9 Å². The predicted molar refractivity (Wildman–Crippen MR) is 79.9 cm³/mol. The van der Waals surface area contributed by atoms with Crippen LogP contribution in [0, 0.1) is 11.6 Å². The molecule has 1 aromatic carbocycles. The van der Waals surface area contributed by atoms with Gasteiger partial charge in [-0.15, -0.1) is 24.0 Å². The van der Waals surface area contributed by atoms with Crippen molar-refractivity contribution in [1.82, 2.24) is 5.32 Å². The Morgan fingerprint density at radius 2 is 2.11 bits per heavy atom. The Morgan fingerprint density at radius 3 is 2.72 bits per heavy atom. The van der Waals surface area contributed by atoms with Gasteiger partial charge in [-0.3, -0.25) is 0 Å². The molecule has 6 heteroatoms. The zero-order valence-electron chi connectivity index (χ0n) is 10.0. The number of nitrogens with one attached hydrogen (secondary N) is 1. The maximum absolute atomic E-state index is 13.2. The van der Waals surface area contributed by atoms with Crippen molar-refractivity contribution in [2.75, 3.05) is 6.54 Å². The van der Waals surface area contributed by atoms with Gasteiger partial charge in [-0.2, -0.15) is 0 Å². The minimum absolute atomic E-state index is 0. The summed E-state index contributed by atoms with van der Waals surface area (Å²) < 4.78 is 26.1. The minimum Gasteiger partial charge on any atom is -0.370 e. The summed E-state index contributed by atoms with van der Waals surface area (Å²) in [7, 11) is 0. The van der Waals surface area contributed by atoms with Crippen LogP contribution in [0.2, 0.25) is 0 Å². The Labute approximate surface area is 122 Å². The number of hydrogen-bond donors (Lipinski definition) is 2. The number of halogens is 3. The smallest absolute Gasteiger partial charge is 0.189 e. The zero-order valence-corrected chi connectivity index (χ0v) is 12.4. The monoisotopic (exact) mass is 367 g/mol. The third-order valence-electron chi connectivity index (χ3n) is 2.00. The molecule has 0 aliphatic carbocycles. The Hall–Kier alpha value is -1.18. The second-order valence-corrected chi connectivity index (χ2v) is 3.75. The van der Waals surface area contributed by atoms with E-state index in [1.54, 1.807) is 0 Å². The lowest BCUT2D eigenvalue weighted by Gasteiger charge is -2.05. The van der Waals surface area contributed by atoms with Gasteiger partial charge < -0.3 is 11.1 Å². The molecule has 3 nitrogen and oxygen atoms in total. The van der Waals surface area contributed by atoms with Crippen molar-refractivity contribution in [2.45, 2.75) is 13.5 Å². The molecule has 18 heavy (non-hydrogen) atoms. The molecule has 0 fully saturated rings. The lowest BCUT2D eigenvalue weighted by Crippen LogP contribution is -2.32. The fraction of sp³-hybridized carbons (Fsp3) is 0.250. The maximum Gasteiger partial charge on any atom is 0.189 e. The molecule has 0 bridgehead atoms. The Balaban J connectivity index is 0.00000289. The summed E-state index contributed by atoms with van der Waals surface area (Å²) in [6.07, 6.45) is 0. The Bertz CT molecular complexity index is 447. The number of nitrogens with two attached hydrogens (primary N) is 1. The molecule has 3 N–H and O–H groups in total. The topological polar surface area (TPSA) is 50.4 Å². The molecule has 1 aromatic rings. The second kappa shape index (κ2) is 8.02. The SMILES string of the molecule is C=C(C)CNC(N)=NCc1cc(F)ccc1F.I. The molecule has 100 valence electrons. The lowest BCUT2D eigenvalue weighted by atomic mass is 10.2. The highest BCUT2D eigenvalue weighted by molar-refractivity contribution is 14.0. The molecular weight excluding hydrogens is 351 g/mol. The van der Waals surface area contributed by atoms with Gasteiger partial charge in [0.2, 0.25) is 0 Å². The largest absolute Gasteiger partial charge is 0.370 e. The van der Waals surface area contributed by atoms with Crippen LogP contribution in [-0.4, -0.2) is 12.5 Å². The van der Waals surface area contributed by atoms with Crippen LogP contribution in [0.1, 0.15) is 12.5 Å². The van der Waals surface area contributed by atoms with E-state index in [-0.39, 0.29) is 42.0 Å². The second-order valence-electron chi connectivity index (χ2n) is 3.75. The average Bonchev–Trinajstić information content (AvgIpc) is 2.27. The molecule has 0 radical (unpaired) electrons. The fourth-order valence-electron chi connectivity index (χ4n) is 1.13. The summed E-state index contributed by atoms with van der Waals surface area (Å²) in [5.41, 5.74) is 6.61. The van der Waals surface area contributed by atoms with Gasteiger partial charge in [0.25, 0.3) is 0 Å². The van der Waals surface area contributed by atoms with Crippen molar-refractivity contribution < 1.29 is 8.78 Å². The molecule has 0 aliphatic heterocycles. The van der Waals surface area contributed by atoms with Crippen molar-refractivity contribution in [1.29, 1.82) is 0 Å². The third kappa shape index (κ3) is 5.95. The molecule has 0 heterocycles. The van der Waals surface area contributed by atoms with Gasteiger partial charge in [0.15, 0.2) is 5.96 Å². The molecule has 0 amide bonds. The number of benzene rings is 1. The third-order valence-corrected chi connectivity index (χ3v) is 2.00. The predicted octanol–water partition coefficient (Wildman–Crippen LogP) is 2.56. The van der Waals surface area contributed by atoms with Gasteiger partial charge in [-0.1, -0.05) is 12.2 Å². The van der Waals surface area contributed by atoms with Crippen molar-refractivity contribution >= 4 is 29.9 Å². The van der Waals surface area contributed by atoms with Crippen LogP contribution >= 0.6 is 24.0 Å². The first kappa shape index (κ1) is 16.8. The van der Waals surface area contributed by atoms with Gasteiger partial charge in [0, 0.05) is 12.1 Å². The molecule has 0 atom stereocenters. The van der Waals surface area contributed by atoms with E-state index in [4.69, 9.17) is 5.73 Å². The number of rotatable bonds is 4. The zero-order chi connectivity index (χ0) is 12.8. The Kier molecular flexibility index (Phi) is 7.49. The normalized spacial score (nSPS) is 10.7. The maximum atomic E-state index is 13.2. The highest BCUT2D eigenvalue weighted by Crippen LogP contribution is 2.10. The minimum atomic E-state index is -0.497. The van der Waals surface area contributed by atoms with Crippen molar-refractivity contribution in [2.24, 2.45) is 10.7 Å². The first-order valence-electron chi connectivity index (χ1n) is 5.11. The van der Waals surface area contributed by atoms with Gasteiger partial charge in [0.05, 0.1) is 6.54 Å². The summed E-state index contributed by atoms with van der Waals surface area (Å²) in [4.78, 5) is 3.90. The number of guanidine groups is 1. The average molecular weight is 367 g/mol. The lowest BCUT2D eigenvalue weighted by molar-refractivity contribution is 0.585. The van der Waals surface area contributed by atoms with E-state index in [9.17, 15) is 8.78 Å². The first-order valence-corrected chi connectivity index (χ1v) is 5.11. The van der Waals surface area contributed by atoms with Crippen LogP contribution in [0.15, 0.2) is 35.3 Å². The summed E-state index contributed by atoms with van der Waals surface area (Å²) >= 11 is 0.